The van der Waals surface area contributed by atoms with Gasteiger partial charge in [-0.25, -0.2) is 4.98 Å². The molecule has 0 fully saturated rings. The van der Waals surface area contributed by atoms with Gasteiger partial charge in [0.15, 0.2) is 5.11 Å². The SMILES string of the molecule is FC(F)(F)c1ccc(NC(=S)NCCCn2ccnc2)cc1. The zero-order chi connectivity index (χ0) is 16.0. The van der Waals surface area contributed by atoms with Gasteiger partial charge in [-0.1, -0.05) is 0 Å². The van der Waals surface area contributed by atoms with Crippen LogP contribution in [0.1, 0.15) is 12.0 Å². The largest absolute Gasteiger partial charge is 0.416 e. The Morgan fingerprint density at radius 2 is 1.95 bits per heavy atom. The fraction of sp³-hybridized carbons (Fsp3) is 0.286. The molecule has 4 nitrogen and oxygen atoms in total. The number of alkyl halides is 3. The number of hydrogen-bond acceptors (Lipinski definition) is 2. The van der Waals surface area contributed by atoms with E-state index in [9.17, 15) is 13.2 Å². The van der Waals surface area contributed by atoms with Crippen LogP contribution in [-0.4, -0.2) is 21.2 Å². The van der Waals surface area contributed by atoms with Crippen LogP contribution in [0.4, 0.5) is 18.9 Å². The summed E-state index contributed by atoms with van der Waals surface area (Å²) >= 11 is 5.09. The molecule has 2 aromatic rings. The fourth-order valence-electron chi connectivity index (χ4n) is 1.80. The number of anilines is 1. The molecule has 0 spiro atoms. The fourth-order valence-corrected chi connectivity index (χ4v) is 2.02. The molecule has 0 aliphatic rings. The molecule has 1 aromatic carbocycles. The average Bonchev–Trinajstić information content (AvgIpc) is 2.96. The van der Waals surface area contributed by atoms with Crippen molar-refractivity contribution in [3.63, 3.8) is 0 Å². The highest BCUT2D eigenvalue weighted by Crippen LogP contribution is 2.29. The summed E-state index contributed by atoms with van der Waals surface area (Å²) in [4.78, 5) is 3.94. The molecule has 1 heterocycles. The summed E-state index contributed by atoms with van der Waals surface area (Å²) in [5.74, 6) is 0. The van der Waals surface area contributed by atoms with Crippen molar-refractivity contribution in [3.05, 3.63) is 48.5 Å². The summed E-state index contributed by atoms with van der Waals surface area (Å²) in [6.45, 7) is 1.47. The van der Waals surface area contributed by atoms with Crippen molar-refractivity contribution in [1.29, 1.82) is 0 Å². The van der Waals surface area contributed by atoms with E-state index in [2.05, 4.69) is 15.6 Å². The number of benzene rings is 1. The highest BCUT2D eigenvalue weighted by molar-refractivity contribution is 7.80. The predicted molar refractivity (Wildman–Crippen MR) is 82.5 cm³/mol. The molecule has 22 heavy (non-hydrogen) atoms. The third-order valence-electron chi connectivity index (χ3n) is 2.91. The van der Waals surface area contributed by atoms with E-state index in [1.165, 1.54) is 12.1 Å². The average molecular weight is 328 g/mol. The Balaban J connectivity index is 1.72. The van der Waals surface area contributed by atoms with Crippen molar-refractivity contribution in [1.82, 2.24) is 14.9 Å². The van der Waals surface area contributed by atoms with E-state index in [0.29, 0.717) is 17.3 Å². The summed E-state index contributed by atoms with van der Waals surface area (Å²) in [7, 11) is 0. The zero-order valence-electron chi connectivity index (χ0n) is 11.6. The third kappa shape index (κ3) is 5.03. The first-order chi connectivity index (χ1) is 10.4. The zero-order valence-corrected chi connectivity index (χ0v) is 12.4. The molecule has 0 saturated carbocycles. The lowest BCUT2D eigenvalue weighted by atomic mass is 10.2. The monoisotopic (exact) mass is 328 g/mol. The van der Waals surface area contributed by atoms with Gasteiger partial charge >= 0.3 is 6.18 Å². The number of nitrogens with zero attached hydrogens (tertiary/aromatic N) is 2. The van der Waals surface area contributed by atoms with Gasteiger partial charge in [-0.3, -0.25) is 0 Å². The van der Waals surface area contributed by atoms with Gasteiger partial charge in [0.25, 0.3) is 0 Å². The standard InChI is InChI=1S/C14H15F3N4S/c15-14(16,17)11-2-4-12(5-3-11)20-13(22)19-6-1-8-21-9-7-18-10-21/h2-5,7,9-10H,1,6,8H2,(H2,19,20,22). The number of aryl methyl sites for hydroxylation is 1. The summed E-state index contributed by atoms with van der Waals surface area (Å²) in [6, 6.07) is 4.73. The lowest BCUT2D eigenvalue weighted by Gasteiger charge is -2.12. The van der Waals surface area contributed by atoms with Crippen molar-refractivity contribution < 1.29 is 13.2 Å². The van der Waals surface area contributed by atoms with Gasteiger partial charge in [0, 0.05) is 31.2 Å². The number of halogens is 3. The van der Waals surface area contributed by atoms with Crippen molar-refractivity contribution >= 4 is 23.0 Å². The van der Waals surface area contributed by atoms with E-state index in [4.69, 9.17) is 12.2 Å². The summed E-state index contributed by atoms with van der Waals surface area (Å²) in [5.41, 5.74) is -0.169. The van der Waals surface area contributed by atoms with Crippen molar-refractivity contribution in [2.45, 2.75) is 19.1 Å². The molecule has 118 valence electrons. The van der Waals surface area contributed by atoms with Crippen LogP contribution in [0.25, 0.3) is 0 Å². The number of imidazole rings is 1. The molecule has 0 amide bonds. The first-order valence-corrected chi connectivity index (χ1v) is 7.04. The maximum Gasteiger partial charge on any atom is 0.416 e. The molecule has 0 aliphatic heterocycles. The third-order valence-corrected chi connectivity index (χ3v) is 3.15. The van der Waals surface area contributed by atoms with E-state index in [-0.39, 0.29) is 0 Å². The molecule has 0 unspecified atom stereocenters. The molecule has 8 heteroatoms. The highest BCUT2D eigenvalue weighted by Gasteiger charge is 2.29. The molecule has 0 aliphatic carbocycles. The Labute approximate surface area is 131 Å². The van der Waals surface area contributed by atoms with Gasteiger partial charge in [-0.15, -0.1) is 0 Å². The van der Waals surface area contributed by atoms with Crippen LogP contribution in [0, 0.1) is 0 Å². The molecule has 2 rings (SSSR count). The second-order valence-corrected chi connectivity index (χ2v) is 5.02. The summed E-state index contributed by atoms with van der Waals surface area (Å²) in [6.07, 6.45) is 1.84. The molecular weight excluding hydrogens is 313 g/mol. The molecular formula is C14H15F3N4S. The Bertz CT molecular complexity index is 594. The molecule has 0 bridgehead atoms. The second kappa shape index (κ2) is 7.26. The minimum Gasteiger partial charge on any atom is -0.362 e. The Morgan fingerprint density at radius 1 is 1.23 bits per heavy atom. The molecule has 0 saturated heterocycles. The molecule has 1 aromatic heterocycles. The number of aromatic nitrogens is 2. The van der Waals surface area contributed by atoms with E-state index in [1.54, 1.807) is 12.5 Å². The van der Waals surface area contributed by atoms with Gasteiger partial charge in [-0.05, 0) is 42.9 Å². The van der Waals surface area contributed by atoms with Crippen LogP contribution in [0.2, 0.25) is 0 Å². The molecule has 0 radical (unpaired) electrons. The van der Waals surface area contributed by atoms with Gasteiger partial charge in [0.2, 0.25) is 0 Å². The Morgan fingerprint density at radius 3 is 2.55 bits per heavy atom. The first-order valence-electron chi connectivity index (χ1n) is 6.63. The van der Waals surface area contributed by atoms with Gasteiger partial charge < -0.3 is 15.2 Å². The van der Waals surface area contributed by atoms with E-state index in [1.807, 2.05) is 10.8 Å². The topological polar surface area (TPSA) is 41.9 Å². The summed E-state index contributed by atoms with van der Waals surface area (Å²) < 4.78 is 39.3. The maximum atomic E-state index is 12.4. The lowest BCUT2D eigenvalue weighted by Crippen LogP contribution is -2.29. The van der Waals surface area contributed by atoms with Crippen molar-refractivity contribution in [2.75, 3.05) is 11.9 Å². The first kappa shape index (κ1) is 16.3. The number of rotatable bonds is 5. The van der Waals surface area contributed by atoms with Gasteiger partial charge in [-0.2, -0.15) is 13.2 Å². The Hall–Kier alpha value is -2.09. The number of nitrogens with one attached hydrogen (secondary N) is 2. The quantitative estimate of drug-likeness (QED) is 0.653. The van der Waals surface area contributed by atoms with Crippen LogP contribution < -0.4 is 10.6 Å². The van der Waals surface area contributed by atoms with Crippen LogP contribution in [0.5, 0.6) is 0 Å². The van der Waals surface area contributed by atoms with Crippen LogP contribution in [0.15, 0.2) is 43.0 Å². The maximum absolute atomic E-state index is 12.4. The van der Waals surface area contributed by atoms with E-state index in [0.717, 1.165) is 25.1 Å². The molecule has 2 N–H and O–H groups in total. The molecule has 0 atom stereocenters. The Kier molecular flexibility index (Phi) is 5.37. The van der Waals surface area contributed by atoms with Crippen LogP contribution >= 0.6 is 12.2 Å². The van der Waals surface area contributed by atoms with E-state index < -0.39 is 11.7 Å². The van der Waals surface area contributed by atoms with E-state index >= 15 is 0 Å². The van der Waals surface area contributed by atoms with Gasteiger partial charge in [0.1, 0.15) is 0 Å². The van der Waals surface area contributed by atoms with Crippen LogP contribution in [0.3, 0.4) is 0 Å². The van der Waals surface area contributed by atoms with Crippen LogP contribution in [-0.2, 0) is 12.7 Å². The minimum atomic E-state index is -4.33. The minimum absolute atomic E-state index is 0.380. The number of hydrogen-bond donors (Lipinski definition) is 2. The number of thiocarbonyl (C=S) groups is 1. The highest BCUT2D eigenvalue weighted by atomic mass is 32.1. The summed E-state index contributed by atoms with van der Waals surface area (Å²) in [5, 5.41) is 6.23. The van der Waals surface area contributed by atoms with Crippen molar-refractivity contribution in [3.8, 4) is 0 Å². The predicted octanol–water partition coefficient (Wildman–Crippen LogP) is 3.28. The lowest BCUT2D eigenvalue weighted by molar-refractivity contribution is -0.137. The van der Waals surface area contributed by atoms with Crippen molar-refractivity contribution in [2.24, 2.45) is 0 Å². The second-order valence-electron chi connectivity index (χ2n) is 4.61. The normalized spacial score (nSPS) is 11.2. The van der Waals surface area contributed by atoms with Gasteiger partial charge in [0.05, 0.1) is 11.9 Å². The smallest absolute Gasteiger partial charge is 0.362 e.